The molecule has 0 bridgehead atoms. The van der Waals surface area contributed by atoms with Gasteiger partial charge in [-0.15, -0.1) is 0 Å². The van der Waals surface area contributed by atoms with Crippen LogP contribution in [0, 0.1) is 0 Å². The van der Waals surface area contributed by atoms with Crippen molar-refractivity contribution in [3.05, 3.63) is 11.6 Å². The quantitative estimate of drug-likeness (QED) is 0.707. The Bertz CT molecular complexity index is 315. The Morgan fingerprint density at radius 2 is 2.06 bits per heavy atom. The lowest BCUT2D eigenvalue weighted by Crippen LogP contribution is -2.47. The van der Waals surface area contributed by atoms with Gasteiger partial charge in [0.2, 0.25) is 0 Å². The van der Waals surface area contributed by atoms with Gasteiger partial charge in [-0.1, -0.05) is 11.6 Å². The Morgan fingerprint density at radius 3 is 2.65 bits per heavy atom. The van der Waals surface area contributed by atoms with Gasteiger partial charge in [-0.2, -0.15) is 0 Å². The molecule has 0 aliphatic heterocycles. The monoisotopic (exact) mass is 239 g/mol. The van der Waals surface area contributed by atoms with Crippen LogP contribution in [0.4, 0.5) is 4.79 Å². The number of alkyl carbamates (subject to hydrolysis) is 1. The first-order valence-corrected chi connectivity index (χ1v) is 6.37. The third-order valence-corrected chi connectivity index (χ3v) is 3.06. The molecule has 1 amide bonds. The van der Waals surface area contributed by atoms with Gasteiger partial charge < -0.3 is 10.1 Å². The van der Waals surface area contributed by atoms with Crippen molar-refractivity contribution in [3.8, 4) is 0 Å². The highest BCUT2D eigenvalue weighted by atomic mass is 16.6. The SMILES string of the molecule is CC1=CCCC(C)(NC(=O)OC(C)(C)C)CC1. The second kappa shape index (κ2) is 5.11. The maximum absolute atomic E-state index is 11.8. The van der Waals surface area contributed by atoms with Crippen molar-refractivity contribution in [1.29, 1.82) is 0 Å². The van der Waals surface area contributed by atoms with Gasteiger partial charge in [0, 0.05) is 5.54 Å². The van der Waals surface area contributed by atoms with Gasteiger partial charge in [0.05, 0.1) is 0 Å². The molecule has 1 unspecified atom stereocenters. The van der Waals surface area contributed by atoms with Crippen molar-refractivity contribution < 1.29 is 9.53 Å². The summed E-state index contributed by atoms with van der Waals surface area (Å²) in [7, 11) is 0. The topological polar surface area (TPSA) is 38.3 Å². The predicted molar refractivity (Wildman–Crippen MR) is 70.0 cm³/mol. The lowest BCUT2D eigenvalue weighted by atomic mass is 9.92. The lowest BCUT2D eigenvalue weighted by molar-refractivity contribution is 0.0454. The number of carbonyl (C=O) groups is 1. The molecule has 0 spiro atoms. The summed E-state index contributed by atoms with van der Waals surface area (Å²) in [6.45, 7) is 9.90. The molecule has 1 rings (SSSR count). The Balaban J connectivity index is 2.53. The van der Waals surface area contributed by atoms with E-state index in [0.29, 0.717) is 0 Å². The minimum atomic E-state index is -0.431. The summed E-state index contributed by atoms with van der Waals surface area (Å²) in [5.74, 6) is 0. The highest BCUT2D eigenvalue weighted by molar-refractivity contribution is 5.68. The number of carbonyl (C=O) groups excluding carboxylic acids is 1. The summed E-state index contributed by atoms with van der Waals surface area (Å²) >= 11 is 0. The van der Waals surface area contributed by atoms with Gasteiger partial charge in [-0.3, -0.25) is 0 Å². The van der Waals surface area contributed by atoms with E-state index in [-0.39, 0.29) is 11.6 Å². The van der Waals surface area contributed by atoms with Crippen LogP contribution in [-0.2, 0) is 4.74 Å². The Labute approximate surface area is 105 Å². The molecule has 1 aliphatic carbocycles. The van der Waals surface area contributed by atoms with E-state index in [0.717, 1.165) is 25.7 Å². The summed E-state index contributed by atoms with van der Waals surface area (Å²) in [5, 5.41) is 3.02. The molecule has 98 valence electrons. The molecule has 1 atom stereocenters. The Kier molecular flexibility index (Phi) is 4.23. The molecule has 0 saturated heterocycles. The molecule has 0 aromatic rings. The van der Waals surface area contributed by atoms with Gasteiger partial charge in [0.15, 0.2) is 0 Å². The average molecular weight is 239 g/mol. The molecule has 1 aliphatic rings. The molecular weight excluding hydrogens is 214 g/mol. The van der Waals surface area contributed by atoms with Crippen molar-refractivity contribution in [2.45, 2.75) is 71.4 Å². The van der Waals surface area contributed by atoms with E-state index in [1.165, 1.54) is 5.57 Å². The number of amides is 1. The largest absolute Gasteiger partial charge is 0.444 e. The van der Waals surface area contributed by atoms with Crippen molar-refractivity contribution >= 4 is 6.09 Å². The van der Waals surface area contributed by atoms with Crippen LogP contribution in [0.2, 0.25) is 0 Å². The lowest BCUT2D eigenvalue weighted by Gasteiger charge is -2.31. The van der Waals surface area contributed by atoms with Crippen LogP contribution in [0.1, 0.15) is 60.3 Å². The maximum atomic E-state index is 11.8. The fourth-order valence-electron chi connectivity index (χ4n) is 2.01. The van der Waals surface area contributed by atoms with E-state index >= 15 is 0 Å². The number of nitrogens with one attached hydrogen (secondary N) is 1. The minimum absolute atomic E-state index is 0.142. The normalized spacial score (nSPS) is 25.8. The van der Waals surface area contributed by atoms with E-state index in [1.807, 2.05) is 20.8 Å². The van der Waals surface area contributed by atoms with E-state index < -0.39 is 5.60 Å². The van der Waals surface area contributed by atoms with Gasteiger partial charge in [-0.05, 0) is 60.3 Å². The van der Waals surface area contributed by atoms with Gasteiger partial charge in [0.1, 0.15) is 5.60 Å². The highest BCUT2D eigenvalue weighted by Crippen LogP contribution is 2.26. The van der Waals surface area contributed by atoms with Crippen molar-refractivity contribution in [2.24, 2.45) is 0 Å². The number of hydrogen-bond donors (Lipinski definition) is 1. The summed E-state index contributed by atoms with van der Waals surface area (Å²) in [6.07, 6.45) is 5.99. The smallest absolute Gasteiger partial charge is 0.408 e. The summed E-state index contributed by atoms with van der Waals surface area (Å²) in [4.78, 5) is 11.8. The fraction of sp³-hybridized carbons (Fsp3) is 0.786. The third kappa shape index (κ3) is 5.24. The number of rotatable bonds is 1. The van der Waals surface area contributed by atoms with Crippen LogP contribution >= 0.6 is 0 Å². The summed E-state index contributed by atoms with van der Waals surface area (Å²) in [6, 6.07) is 0. The molecule has 0 aromatic heterocycles. The van der Waals surface area contributed by atoms with Crippen molar-refractivity contribution in [2.75, 3.05) is 0 Å². The first kappa shape index (κ1) is 14.1. The van der Waals surface area contributed by atoms with Gasteiger partial charge in [0.25, 0.3) is 0 Å². The van der Waals surface area contributed by atoms with Crippen molar-refractivity contribution in [1.82, 2.24) is 5.32 Å². The first-order chi connectivity index (χ1) is 7.70. The third-order valence-electron chi connectivity index (χ3n) is 3.06. The van der Waals surface area contributed by atoms with E-state index in [1.54, 1.807) is 0 Å². The second-order valence-corrected chi connectivity index (χ2v) is 6.28. The molecule has 17 heavy (non-hydrogen) atoms. The van der Waals surface area contributed by atoms with E-state index in [4.69, 9.17) is 4.74 Å². The van der Waals surface area contributed by atoms with Gasteiger partial charge >= 0.3 is 6.09 Å². The molecule has 0 aromatic carbocycles. The summed E-state index contributed by atoms with van der Waals surface area (Å²) in [5.41, 5.74) is 0.843. The average Bonchev–Trinajstić information content (AvgIpc) is 2.25. The van der Waals surface area contributed by atoms with Gasteiger partial charge in [-0.25, -0.2) is 4.79 Å². The minimum Gasteiger partial charge on any atom is -0.444 e. The fourth-order valence-corrected chi connectivity index (χ4v) is 2.01. The van der Waals surface area contributed by atoms with Crippen LogP contribution in [-0.4, -0.2) is 17.2 Å². The van der Waals surface area contributed by atoms with Crippen LogP contribution in [0.25, 0.3) is 0 Å². The number of allylic oxidation sites excluding steroid dienone is 2. The highest BCUT2D eigenvalue weighted by Gasteiger charge is 2.29. The maximum Gasteiger partial charge on any atom is 0.408 e. The predicted octanol–water partition coefficient (Wildman–Crippen LogP) is 3.79. The molecule has 0 saturated carbocycles. The standard InChI is InChI=1S/C14H25NO2/c1-11-7-6-9-14(5,10-8-11)15-12(16)17-13(2,3)4/h7H,6,8-10H2,1-5H3,(H,15,16). The second-order valence-electron chi connectivity index (χ2n) is 6.28. The first-order valence-electron chi connectivity index (χ1n) is 6.37. The molecule has 0 heterocycles. The number of hydrogen-bond acceptors (Lipinski definition) is 2. The van der Waals surface area contributed by atoms with E-state index in [2.05, 4.69) is 25.2 Å². The molecule has 0 fully saturated rings. The van der Waals surface area contributed by atoms with Crippen LogP contribution in [0.3, 0.4) is 0 Å². The van der Waals surface area contributed by atoms with Crippen molar-refractivity contribution in [3.63, 3.8) is 0 Å². The van der Waals surface area contributed by atoms with Crippen LogP contribution in [0.15, 0.2) is 11.6 Å². The molecular formula is C14H25NO2. The Morgan fingerprint density at radius 1 is 1.41 bits per heavy atom. The molecule has 1 N–H and O–H groups in total. The zero-order valence-corrected chi connectivity index (χ0v) is 11.7. The molecule has 0 radical (unpaired) electrons. The van der Waals surface area contributed by atoms with Crippen LogP contribution in [0.5, 0.6) is 0 Å². The molecule has 3 heteroatoms. The van der Waals surface area contributed by atoms with Crippen LogP contribution < -0.4 is 5.32 Å². The molecule has 3 nitrogen and oxygen atoms in total. The Hall–Kier alpha value is -0.990. The number of ether oxygens (including phenoxy) is 1. The zero-order valence-electron chi connectivity index (χ0n) is 11.7. The summed E-state index contributed by atoms with van der Waals surface area (Å²) < 4.78 is 5.31. The zero-order chi connectivity index (χ0) is 13.1. The van der Waals surface area contributed by atoms with E-state index in [9.17, 15) is 4.79 Å².